The van der Waals surface area contributed by atoms with Crippen LogP contribution in [-0.2, 0) is 23.0 Å². The molecule has 2 aliphatic rings. The summed E-state index contributed by atoms with van der Waals surface area (Å²) in [4.78, 5) is 4.35. The highest BCUT2D eigenvalue weighted by atomic mass is 32.2. The molecule has 0 amide bonds. The van der Waals surface area contributed by atoms with Crippen LogP contribution in [0.25, 0.3) is 0 Å². The second-order valence-electron chi connectivity index (χ2n) is 5.91. The van der Waals surface area contributed by atoms with Gasteiger partial charge in [0.25, 0.3) is 10.0 Å². The summed E-state index contributed by atoms with van der Waals surface area (Å²) >= 11 is 0. The Bertz CT molecular complexity index is 572. The van der Waals surface area contributed by atoms with Crippen LogP contribution in [0, 0.1) is 5.92 Å². The summed E-state index contributed by atoms with van der Waals surface area (Å²) < 4.78 is 29.0. The molecule has 2 N–H and O–H groups in total. The summed E-state index contributed by atoms with van der Waals surface area (Å²) in [5, 5.41) is 0.207. The molecule has 1 aromatic heterocycles. The molecule has 3 rings (SSSR count). The van der Waals surface area contributed by atoms with Crippen molar-refractivity contribution < 1.29 is 8.42 Å². The Kier molecular flexibility index (Phi) is 3.60. The van der Waals surface area contributed by atoms with E-state index >= 15 is 0 Å². The van der Waals surface area contributed by atoms with Gasteiger partial charge in [-0.2, -0.15) is 4.31 Å². The van der Waals surface area contributed by atoms with Gasteiger partial charge in [0, 0.05) is 31.7 Å². The van der Waals surface area contributed by atoms with Crippen molar-refractivity contribution in [1.82, 2.24) is 13.9 Å². The lowest BCUT2D eigenvalue weighted by atomic mass is 10.1. The lowest BCUT2D eigenvalue weighted by molar-refractivity contribution is 0.403. The SMILES string of the molecule is CC1CC(CN)CN1S(=O)(=O)c1cn2c(n1)CCCC2. The van der Waals surface area contributed by atoms with Crippen molar-refractivity contribution in [1.29, 1.82) is 0 Å². The standard InChI is InChI=1S/C13H22N4O2S/c1-10-6-11(7-14)8-17(10)20(18,19)13-9-16-5-3-2-4-12(16)15-13/h9-11H,2-8,14H2,1H3. The van der Waals surface area contributed by atoms with E-state index in [1.54, 1.807) is 10.5 Å². The molecule has 1 saturated heterocycles. The van der Waals surface area contributed by atoms with Gasteiger partial charge in [0.05, 0.1) is 0 Å². The Morgan fingerprint density at radius 2 is 2.25 bits per heavy atom. The van der Waals surface area contributed by atoms with Gasteiger partial charge in [0.1, 0.15) is 5.82 Å². The minimum Gasteiger partial charge on any atom is -0.333 e. The molecular formula is C13H22N4O2S. The molecule has 6 nitrogen and oxygen atoms in total. The predicted octanol–water partition coefficient (Wildman–Crippen LogP) is 0.577. The maximum atomic E-state index is 12.7. The van der Waals surface area contributed by atoms with Crippen molar-refractivity contribution in [2.24, 2.45) is 11.7 Å². The fourth-order valence-corrected chi connectivity index (χ4v) is 4.93. The van der Waals surface area contributed by atoms with E-state index in [2.05, 4.69) is 4.98 Å². The largest absolute Gasteiger partial charge is 0.333 e. The van der Waals surface area contributed by atoms with Crippen LogP contribution in [0.1, 0.15) is 32.0 Å². The summed E-state index contributed by atoms with van der Waals surface area (Å²) in [7, 11) is -3.48. The zero-order valence-corrected chi connectivity index (χ0v) is 12.6. The quantitative estimate of drug-likeness (QED) is 0.885. The van der Waals surface area contributed by atoms with Gasteiger partial charge < -0.3 is 10.3 Å². The Labute approximate surface area is 120 Å². The summed E-state index contributed by atoms with van der Waals surface area (Å²) in [6, 6.07) is 0.00674. The number of fused-ring (bicyclic) bond motifs is 1. The second-order valence-corrected chi connectivity index (χ2v) is 7.74. The van der Waals surface area contributed by atoms with Gasteiger partial charge in [-0.05, 0) is 38.6 Å². The van der Waals surface area contributed by atoms with Crippen LogP contribution in [-0.4, -0.2) is 41.4 Å². The third-order valence-electron chi connectivity index (χ3n) is 4.40. The van der Waals surface area contributed by atoms with Crippen molar-refractivity contribution >= 4 is 10.0 Å². The lowest BCUT2D eigenvalue weighted by Crippen LogP contribution is -2.34. The lowest BCUT2D eigenvalue weighted by Gasteiger charge is -2.19. The van der Waals surface area contributed by atoms with E-state index in [4.69, 9.17) is 5.73 Å². The summed E-state index contributed by atoms with van der Waals surface area (Å²) in [5.41, 5.74) is 5.68. The van der Waals surface area contributed by atoms with Crippen LogP contribution in [0.4, 0.5) is 0 Å². The van der Waals surface area contributed by atoms with Crippen molar-refractivity contribution in [3.63, 3.8) is 0 Å². The Balaban J connectivity index is 1.90. The van der Waals surface area contributed by atoms with Crippen molar-refractivity contribution in [3.8, 4) is 0 Å². The minimum atomic E-state index is -3.48. The van der Waals surface area contributed by atoms with Gasteiger partial charge >= 0.3 is 0 Å². The monoisotopic (exact) mass is 298 g/mol. The van der Waals surface area contributed by atoms with Crippen molar-refractivity contribution in [2.45, 2.75) is 50.2 Å². The topological polar surface area (TPSA) is 81.2 Å². The van der Waals surface area contributed by atoms with E-state index in [1.165, 1.54) is 0 Å². The number of aryl methyl sites for hydroxylation is 2. The zero-order valence-electron chi connectivity index (χ0n) is 11.8. The second kappa shape index (κ2) is 5.13. The van der Waals surface area contributed by atoms with E-state index in [-0.39, 0.29) is 17.0 Å². The minimum absolute atomic E-state index is 0.00674. The molecule has 1 fully saturated rings. The first-order chi connectivity index (χ1) is 9.52. The molecule has 20 heavy (non-hydrogen) atoms. The first kappa shape index (κ1) is 14.0. The fourth-order valence-electron chi connectivity index (χ4n) is 3.25. The van der Waals surface area contributed by atoms with E-state index in [0.29, 0.717) is 13.1 Å². The summed E-state index contributed by atoms with van der Waals surface area (Å²) in [6.45, 7) is 3.88. The molecular weight excluding hydrogens is 276 g/mol. The summed E-state index contributed by atoms with van der Waals surface area (Å²) in [6.07, 6.45) is 5.59. The smallest absolute Gasteiger partial charge is 0.262 e. The van der Waals surface area contributed by atoms with Crippen LogP contribution in [0.15, 0.2) is 11.2 Å². The third-order valence-corrected chi connectivity index (χ3v) is 6.25. The number of aromatic nitrogens is 2. The highest BCUT2D eigenvalue weighted by Gasteiger charge is 2.38. The van der Waals surface area contributed by atoms with Crippen molar-refractivity contribution in [3.05, 3.63) is 12.0 Å². The maximum absolute atomic E-state index is 12.7. The zero-order chi connectivity index (χ0) is 14.3. The molecule has 2 atom stereocenters. The van der Waals surface area contributed by atoms with E-state index in [9.17, 15) is 8.42 Å². The molecule has 0 aromatic carbocycles. The van der Waals surface area contributed by atoms with E-state index < -0.39 is 10.0 Å². The normalized spacial score (nSPS) is 27.7. The number of rotatable bonds is 3. The molecule has 2 aliphatic heterocycles. The molecule has 0 aliphatic carbocycles. The number of hydrogen-bond acceptors (Lipinski definition) is 4. The third kappa shape index (κ3) is 2.27. The molecule has 0 spiro atoms. The molecule has 2 unspecified atom stereocenters. The molecule has 112 valence electrons. The average Bonchev–Trinajstić information content (AvgIpc) is 3.02. The van der Waals surface area contributed by atoms with Crippen molar-refractivity contribution in [2.75, 3.05) is 13.1 Å². The van der Waals surface area contributed by atoms with Crippen LogP contribution >= 0.6 is 0 Å². The van der Waals surface area contributed by atoms with E-state index in [0.717, 1.165) is 38.1 Å². The number of nitrogens with zero attached hydrogens (tertiary/aromatic N) is 3. The van der Waals surface area contributed by atoms with Gasteiger partial charge in [-0.3, -0.25) is 0 Å². The number of sulfonamides is 1. The number of nitrogens with two attached hydrogens (primary N) is 1. The molecule has 3 heterocycles. The van der Waals surface area contributed by atoms with E-state index in [1.807, 2.05) is 11.5 Å². The highest BCUT2D eigenvalue weighted by Crippen LogP contribution is 2.29. The summed E-state index contributed by atoms with van der Waals surface area (Å²) in [5.74, 6) is 1.16. The number of imidazole rings is 1. The maximum Gasteiger partial charge on any atom is 0.262 e. The molecule has 0 bridgehead atoms. The first-order valence-corrected chi connectivity index (χ1v) is 8.74. The molecule has 1 aromatic rings. The van der Waals surface area contributed by atoms with Crippen LogP contribution in [0.3, 0.4) is 0 Å². The first-order valence-electron chi connectivity index (χ1n) is 7.30. The molecule has 7 heteroatoms. The highest BCUT2D eigenvalue weighted by molar-refractivity contribution is 7.89. The van der Waals surface area contributed by atoms with Gasteiger partial charge in [-0.25, -0.2) is 13.4 Å². The Morgan fingerprint density at radius 1 is 1.45 bits per heavy atom. The molecule has 0 saturated carbocycles. The fraction of sp³-hybridized carbons (Fsp3) is 0.769. The number of hydrogen-bond donors (Lipinski definition) is 1. The van der Waals surface area contributed by atoms with Crippen LogP contribution in [0.5, 0.6) is 0 Å². The predicted molar refractivity (Wildman–Crippen MR) is 75.7 cm³/mol. The van der Waals surface area contributed by atoms with Gasteiger partial charge in [-0.1, -0.05) is 0 Å². The average molecular weight is 298 g/mol. The van der Waals surface area contributed by atoms with Gasteiger partial charge in [0.2, 0.25) is 0 Å². The Morgan fingerprint density at radius 3 is 2.90 bits per heavy atom. The van der Waals surface area contributed by atoms with Crippen LogP contribution < -0.4 is 5.73 Å². The molecule has 0 radical (unpaired) electrons. The van der Waals surface area contributed by atoms with Gasteiger partial charge in [-0.15, -0.1) is 0 Å². The van der Waals surface area contributed by atoms with Crippen LogP contribution in [0.2, 0.25) is 0 Å². The Hall–Kier alpha value is -0.920. The van der Waals surface area contributed by atoms with Gasteiger partial charge in [0.15, 0.2) is 5.03 Å².